The van der Waals surface area contributed by atoms with Crippen LogP contribution in [0.1, 0.15) is 60.9 Å². The van der Waals surface area contributed by atoms with Crippen LogP contribution in [0.2, 0.25) is 0 Å². The van der Waals surface area contributed by atoms with Crippen molar-refractivity contribution >= 4 is 17.8 Å². The molecule has 1 aromatic carbocycles. The minimum absolute atomic E-state index is 0.106. The fourth-order valence-corrected chi connectivity index (χ4v) is 4.01. The van der Waals surface area contributed by atoms with Gasteiger partial charge in [0.25, 0.3) is 5.91 Å². The number of carbonyl (C=O) groups is 3. The van der Waals surface area contributed by atoms with Crippen LogP contribution in [0.4, 0.5) is 0 Å². The highest BCUT2D eigenvalue weighted by atomic mass is 16.5. The highest BCUT2D eigenvalue weighted by Gasteiger charge is 2.36. The molecule has 0 spiro atoms. The van der Waals surface area contributed by atoms with Gasteiger partial charge in [0.2, 0.25) is 5.91 Å². The van der Waals surface area contributed by atoms with Crippen LogP contribution in [0.5, 0.6) is 0 Å². The second-order valence-electron chi connectivity index (χ2n) is 7.81. The first-order valence-corrected chi connectivity index (χ1v) is 9.96. The van der Waals surface area contributed by atoms with E-state index in [0.717, 1.165) is 31.2 Å². The minimum Gasteiger partial charge on any atom is -0.481 e. The molecule has 2 aliphatic rings. The van der Waals surface area contributed by atoms with Crippen LogP contribution in [0.25, 0.3) is 0 Å². The van der Waals surface area contributed by atoms with Crippen LogP contribution in [0.3, 0.4) is 0 Å². The molecule has 0 unspecified atom stereocenters. The topological polar surface area (TPSA) is 105 Å². The zero-order chi connectivity index (χ0) is 20.0. The van der Waals surface area contributed by atoms with E-state index in [2.05, 4.69) is 10.6 Å². The standard InChI is InChI=1S/C21H28N2O5/c24-18(25)13-21(9-11-28-12-10-21)23-20(27)17-7-5-15(6-8-17)14-22-19(26)16-3-1-2-4-16/h5-8,16H,1-4,9-14H2,(H,22,26)(H,23,27)(H,24,25). The number of hydrogen-bond donors (Lipinski definition) is 3. The first-order valence-electron chi connectivity index (χ1n) is 9.96. The van der Waals surface area contributed by atoms with Crippen LogP contribution < -0.4 is 10.6 Å². The third kappa shape index (κ3) is 5.32. The summed E-state index contributed by atoms with van der Waals surface area (Å²) in [7, 11) is 0. The lowest BCUT2D eigenvalue weighted by Gasteiger charge is -2.36. The number of amides is 2. The molecule has 7 heteroatoms. The van der Waals surface area contributed by atoms with Crippen molar-refractivity contribution in [1.29, 1.82) is 0 Å². The summed E-state index contributed by atoms with van der Waals surface area (Å²) in [4.78, 5) is 36.0. The van der Waals surface area contributed by atoms with Crippen LogP contribution in [-0.2, 0) is 20.9 Å². The van der Waals surface area contributed by atoms with Gasteiger partial charge in [-0.25, -0.2) is 0 Å². The van der Waals surface area contributed by atoms with Crippen molar-refractivity contribution in [2.45, 2.75) is 57.0 Å². The van der Waals surface area contributed by atoms with E-state index in [4.69, 9.17) is 4.74 Å². The average Bonchev–Trinajstić information content (AvgIpc) is 3.21. The van der Waals surface area contributed by atoms with Crippen molar-refractivity contribution in [3.8, 4) is 0 Å². The highest BCUT2D eigenvalue weighted by Crippen LogP contribution is 2.26. The number of carboxylic acids is 1. The van der Waals surface area contributed by atoms with Crippen LogP contribution >= 0.6 is 0 Å². The molecule has 152 valence electrons. The Labute approximate surface area is 164 Å². The van der Waals surface area contributed by atoms with Gasteiger partial charge in [-0.1, -0.05) is 25.0 Å². The number of ether oxygens (including phenoxy) is 1. The second kappa shape index (κ2) is 9.19. The third-order valence-corrected chi connectivity index (χ3v) is 5.73. The summed E-state index contributed by atoms with van der Waals surface area (Å²) in [5.41, 5.74) is 0.631. The first-order chi connectivity index (χ1) is 13.5. The van der Waals surface area contributed by atoms with Gasteiger partial charge >= 0.3 is 5.97 Å². The molecule has 1 aliphatic carbocycles. The Balaban J connectivity index is 1.56. The number of aliphatic carboxylic acids is 1. The lowest BCUT2D eigenvalue weighted by atomic mass is 9.86. The SMILES string of the molecule is O=C(O)CC1(NC(=O)c2ccc(CNC(=O)C3CCCC3)cc2)CCOCC1. The number of carbonyl (C=O) groups excluding carboxylic acids is 2. The van der Waals surface area contributed by atoms with E-state index >= 15 is 0 Å². The summed E-state index contributed by atoms with van der Waals surface area (Å²) in [6, 6.07) is 7.05. The van der Waals surface area contributed by atoms with Crippen molar-refractivity contribution in [2.24, 2.45) is 5.92 Å². The number of carboxylic acid groups (broad SMARTS) is 1. The van der Waals surface area contributed by atoms with E-state index in [-0.39, 0.29) is 24.2 Å². The van der Waals surface area contributed by atoms with Crippen molar-refractivity contribution in [3.05, 3.63) is 35.4 Å². The molecule has 7 nitrogen and oxygen atoms in total. The molecule has 0 bridgehead atoms. The monoisotopic (exact) mass is 388 g/mol. The first kappa shape index (κ1) is 20.3. The maximum atomic E-state index is 12.6. The molecule has 2 amide bonds. The number of benzene rings is 1. The molecular formula is C21H28N2O5. The minimum atomic E-state index is -0.935. The largest absolute Gasteiger partial charge is 0.481 e. The fourth-order valence-electron chi connectivity index (χ4n) is 4.01. The Bertz CT molecular complexity index is 704. The van der Waals surface area contributed by atoms with E-state index in [1.165, 1.54) is 0 Å². The summed E-state index contributed by atoms with van der Waals surface area (Å²) in [5, 5.41) is 15.1. The third-order valence-electron chi connectivity index (χ3n) is 5.73. The van der Waals surface area contributed by atoms with E-state index in [1.807, 2.05) is 12.1 Å². The molecule has 1 saturated heterocycles. The maximum absolute atomic E-state index is 12.6. The van der Waals surface area contributed by atoms with Crippen LogP contribution in [-0.4, -0.2) is 41.6 Å². The van der Waals surface area contributed by atoms with Crippen molar-refractivity contribution in [2.75, 3.05) is 13.2 Å². The Morgan fingerprint density at radius 3 is 2.32 bits per heavy atom. The molecular weight excluding hydrogens is 360 g/mol. The fraction of sp³-hybridized carbons (Fsp3) is 0.571. The molecule has 1 aliphatic heterocycles. The van der Waals surface area contributed by atoms with Crippen LogP contribution in [0, 0.1) is 5.92 Å². The molecule has 3 N–H and O–H groups in total. The predicted molar refractivity (Wildman–Crippen MR) is 103 cm³/mol. The van der Waals surface area contributed by atoms with Gasteiger partial charge in [-0.05, 0) is 43.4 Å². The molecule has 0 aromatic heterocycles. The van der Waals surface area contributed by atoms with Gasteiger partial charge in [0.15, 0.2) is 0 Å². The molecule has 3 rings (SSSR count). The van der Waals surface area contributed by atoms with E-state index in [0.29, 0.717) is 38.2 Å². The molecule has 2 fully saturated rings. The van der Waals surface area contributed by atoms with E-state index < -0.39 is 11.5 Å². The van der Waals surface area contributed by atoms with Gasteiger partial charge in [0, 0.05) is 31.2 Å². The number of hydrogen-bond acceptors (Lipinski definition) is 4. The van der Waals surface area contributed by atoms with Gasteiger partial charge in [-0.15, -0.1) is 0 Å². The summed E-state index contributed by atoms with van der Waals surface area (Å²) in [5.74, 6) is -0.982. The van der Waals surface area contributed by atoms with Gasteiger partial charge < -0.3 is 20.5 Å². The molecule has 1 aromatic rings. The zero-order valence-electron chi connectivity index (χ0n) is 16.0. The Morgan fingerprint density at radius 1 is 1.07 bits per heavy atom. The highest BCUT2D eigenvalue weighted by molar-refractivity contribution is 5.95. The molecule has 28 heavy (non-hydrogen) atoms. The normalized spacial score (nSPS) is 19.1. The van der Waals surface area contributed by atoms with E-state index in [9.17, 15) is 19.5 Å². The summed E-state index contributed by atoms with van der Waals surface area (Å²) in [6.45, 7) is 1.32. The second-order valence-corrected chi connectivity index (χ2v) is 7.81. The lowest BCUT2D eigenvalue weighted by Crippen LogP contribution is -2.53. The Kier molecular flexibility index (Phi) is 6.67. The Hall–Kier alpha value is -2.41. The summed E-state index contributed by atoms with van der Waals surface area (Å²) in [6.07, 6.45) is 5.02. The zero-order valence-corrected chi connectivity index (χ0v) is 16.0. The molecule has 1 heterocycles. The maximum Gasteiger partial charge on any atom is 0.305 e. The lowest BCUT2D eigenvalue weighted by molar-refractivity contribution is -0.139. The van der Waals surface area contributed by atoms with Crippen molar-refractivity contribution in [3.63, 3.8) is 0 Å². The Morgan fingerprint density at radius 2 is 1.71 bits per heavy atom. The van der Waals surface area contributed by atoms with Gasteiger partial charge in [0.05, 0.1) is 12.0 Å². The average molecular weight is 388 g/mol. The van der Waals surface area contributed by atoms with Gasteiger partial charge in [-0.3, -0.25) is 14.4 Å². The molecule has 0 radical (unpaired) electrons. The van der Waals surface area contributed by atoms with Crippen molar-refractivity contribution in [1.82, 2.24) is 10.6 Å². The number of nitrogens with one attached hydrogen (secondary N) is 2. The summed E-state index contributed by atoms with van der Waals surface area (Å²) >= 11 is 0. The molecule has 0 atom stereocenters. The number of rotatable bonds is 7. The summed E-state index contributed by atoms with van der Waals surface area (Å²) < 4.78 is 5.31. The van der Waals surface area contributed by atoms with Gasteiger partial charge in [-0.2, -0.15) is 0 Å². The smallest absolute Gasteiger partial charge is 0.305 e. The quantitative estimate of drug-likeness (QED) is 0.664. The van der Waals surface area contributed by atoms with Crippen LogP contribution in [0.15, 0.2) is 24.3 Å². The van der Waals surface area contributed by atoms with Crippen molar-refractivity contribution < 1.29 is 24.2 Å². The molecule has 1 saturated carbocycles. The predicted octanol–water partition coefficient (Wildman–Crippen LogP) is 2.25. The van der Waals surface area contributed by atoms with Gasteiger partial charge in [0.1, 0.15) is 0 Å². The van der Waals surface area contributed by atoms with E-state index in [1.54, 1.807) is 12.1 Å².